The Morgan fingerprint density at radius 3 is 1.58 bits per heavy atom. The van der Waals surface area contributed by atoms with Crippen LogP contribution in [-0.2, 0) is 0 Å². The number of nitrogens with zero attached hydrogens (tertiary/aromatic N) is 4. The van der Waals surface area contributed by atoms with E-state index in [4.69, 9.17) is 0 Å². The monoisotopic (exact) mass is 388 g/mol. The van der Waals surface area contributed by atoms with Crippen molar-refractivity contribution in [3.63, 3.8) is 0 Å². The van der Waals surface area contributed by atoms with Crippen LogP contribution >= 0.6 is 21.6 Å². The van der Waals surface area contributed by atoms with Gasteiger partial charge < -0.3 is 9.97 Å². The van der Waals surface area contributed by atoms with Gasteiger partial charge in [-0.3, -0.25) is 20.2 Å². The number of nitrogens with one attached hydrogen (secondary N) is 2. The lowest BCUT2D eigenvalue weighted by Crippen LogP contribution is -1.86. The normalized spacial score (nSPS) is 11.2. The summed E-state index contributed by atoms with van der Waals surface area (Å²) in [6.45, 7) is 0. The molecule has 2 heterocycles. The van der Waals surface area contributed by atoms with E-state index in [0.717, 1.165) is 0 Å². The Hall–Kier alpha value is -3.12. The molecule has 0 saturated carbocycles. The molecule has 0 unspecified atom stereocenters. The van der Waals surface area contributed by atoms with Gasteiger partial charge in [0, 0.05) is 24.3 Å². The SMILES string of the molecule is O=[N+]([O-])c1ccc2nc(SSc3nc4ccc([N+](=O)[O-])cc4[nH]3)[nH]c2c1. The molecule has 2 aromatic carbocycles. The van der Waals surface area contributed by atoms with Gasteiger partial charge in [-0.2, -0.15) is 0 Å². The summed E-state index contributed by atoms with van der Waals surface area (Å²) >= 11 is 0. The quantitative estimate of drug-likeness (QED) is 0.296. The molecule has 0 aliphatic carbocycles. The van der Waals surface area contributed by atoms with Crippen LogP contribution in [0.25, 0.3) is 22.1 Å². The summed E-state index contributed by atoms with van der Waals surface area (Å²) in [4.78, 5) is 35.4. The third kappa shape index (κ3) is 3.07. The van der Waals surface area contributed by atoms with Crippen molar-refractivity contribution in [2.75, 3.05) is 0 Å². The fourth-order valence-corrected chi connectivity index (χ4v) is 4.01. The van der Waals surface area contributed by atoms with Crippen molar-refractivity contribution in [2.24, 2.45) is 0 Å². The first kappa shape index (κ1) is 16.4. The number of non-ortho nitro benzene ring substituents is 2. The van der Waals surface area contributed by atoms with Crippen LogP contribution in [0, 0.1) is 20.2 Å². The van der Waals surface area contributed by atoms with E-state index < -0.39 is 9.85 Å². The molecule has 0 aliphatic heterocycles. The van der Waals surface area contributed by atoms with Crippen LogP contribution in [0.15, 0.2) is 46.7 Å². The standard InChI is InChI=1S/C14H8N6O4S2/c21-19(22)7-1-3-9-11(5-7)17-13(15-9)25-26-14-16-10-4-2-8(20(23)24)6-12(10)18-14/h1-6H,(H,15,17)(H,16,18). The number of nitro benzene ring substituents is 2. The predicted octanol–water partition coefficient (Wildman–Crippen LogP) is 4.06. The Labute approximate surface area is 152 Å². The first-order valence-corrected chi connectivity index (χ1v) is 9.27. The largest absolute Gasteiger partial charge is 0.332 e. The number of nitro groups is 2. The molecule has 0 saturated heterocycles. The maximum atomic E-state index is 10.8. The minimum absolute atomic E-state index is 0.00997. The van der Waals surface area contributed by atoms with Crippen molar-refractivity contribution < 1.29 is 9.85 Å². The molecule has 0 fully saturated rings. The number of imidazole rings is 2. The van der Waals surface area contributed by atoms with Gasteiger partial charge in [0.1, 0.15) is 0 Å². The van der Waals surface area contributed by atoms with Gasteiger partial charge in [0.25, 0.3) is 11.4 Å². The number of aromatic amines is 2. The van der Waals surface area contributed by atoms with E-state index in [-0.39, 0.29) is 11.4 Å². The summed E-state index contributed by atoms with van der Waals surface area (Å²) in [7, 11) is 2.58. The molecule has 0 atom stereocenters. The Morgan fingerprint density at radius 2 is 1.19 bits per heavy atom. The van der Waals surface area contributed by atoms with E-state index in [1.54, 1.807) is 12.1 Å². The van der Waals surface area contributed by atoms with Crippen molar-refractivity contribution in [3.05, 3.63) is 56.6 Å². The maximum Gasteiger partial charge on any atom is 0.271 e. The van der Waals surface area contributed by atoms with Crippen molar-refractivity contribution in [1.82, 2.24) is 19.9 Å². The molecular formula is C14H8N6O4S2. The van der Waals surface area contributed by atoms with E-state index in [1.165, 1.54) is 45.9 Å². The number of hydrogen-bond donors (Lipinski definition) is 2. The minimum atomic E-state index is -0.463. The van der Waals surface area contributed by atoms with Crippen molar-refractivity contribution in [1.29, 1.82) is 0 Å². The fraction of sp³-hybridized carbons (Fsp3) is 0. The lowest BCUT2D eigenvalue weighted by Gasteiger charge is -1.92. The third-order valence-corrected chi connectivity index (χ3v) is 5.49. The molecule has 0 spiro atoms. The van der Waals surface area contributed by atoms with Crippen molar-refractivity contribution in [3.8, 4) is 0 Å². The van der Waals surface area contributed by atoms with Crippen LogP contribution in [0.2, 0.25) is 0 Å². The van der Waals surface area contributed by atoms with Gasteiger partial charge in [0.2, 0.25) is 0 Å². The summed E-state index contributed by atoms with van der Waals surface area (Å²) < 4.78 is 0. The third-order valence-electron chi connectivity index (χ3n) is 3.51. The molecule has 0 radical (unpaired) electrons. The second-order valence-electron chi connectivity index (χ2n) is 5.17. The van der Waals surface area contributed by atoms with E-state index in [9.17, 15) is 20.2 Å². The molecule has 0 aliphatic rings. The van der Waals surface area contributed by atoms with Crippen molar-refractivity contribution >= 4 is 55.0 Å². The molecule has 4 rings (SSSR count). The average molecular weight is 388 g/mol. The minimum Gasteiger partial charge on any atom is -0.332 e. The first-order valence-electron chi connectivity index (χ1n) is 7.12. The first-order chi connectivity index (χ1) is 12.5. The Morgan fingerprint density at radius 1 is 0.769 bits per heavy atom. The maximum absolute atomic E-state index is 10.8. The van der Waals surface area contributed by atoms with E-state index in [1.807, 2.05) is 0 Å². The molecule has 12 heteroatoms. The van der Waals surface area contributed by atoms with Gasteiger partial charge >= 0.3 is 0 Å². The van der Waals surface area contributed by atoms with E-state index in [2.05, 4.69) is 19.9 Å². The number of rotatable bonds is 5. The highest BCUT2D eigenvalue weighted by Gasteiger charge is 2.13. The zero-order valence-electron chi connectivity index (χ0n) is 12.7. The van der Waals surface area contributed by atoms with Crippen LogP contribution in [0.3, 0.4) is 0 Å². The summed E-state index contributed by atoms with van der Waals surface area (Å²) in [5.41, 5.74) is 2.37. The van der Waals surface area contributed by atoms with Gasteiger partial charge in [-0.1, -0.05) is 0 Å². The van der Waals surface area contributed by atoms with Gasteiger partial charge in [-0.15, -0.1) is 0 Å². The zero-order valence-corrected chi connectivity index (χ0v) is 14.3. The molecule has 0 amide bonds. The Balaban J connectivity index is 1.54. The number of hydrogen-bond acceptors (Lipinski definition) is 8. The van der Waals surface area contributed by atoms with E-state index in [0.29, 0.717) is 32.4 Å². The van der Waals surface area contributed by atoms with Crippen LogP contribution in [0.1, 0.15) is 0 Å². The van der Waals surface area contributed by atoms with Crippen LogP contribution in [0.4, 0.5) is 11.4 Å². The second-order valence-corrected chi connectivity index (χ2v) is 7.27. The molecule has 26 heavy (non-hydrogen) atoms. The summed E-state index contributed by atoms with van der Waals surface area (Å²) in [6.07, 6.45) is 0. The number of fused-ring (bicyclic) bond motifs is 2. The summed E-state index contributed by atoms with van der Waals surface area (Å²) in [5, 5.41) is 22.8. The highest BCUT2D eigenvalue weighted by atomic mass is 33.1. The lowest BCUT2D eigenvalue weighted by atomic mass is 10.3. The smallest absolute Gasteiger partial charge is 0.271 e. The highest BCUT2D eigenvalue weighted by molar-refractivity contribution is 8.76. The van der Waals surface area contributed by atoms with Gasteiger partial charge in [0.15, 0.2) is 10.3 Å². The number of aromatic nitrogens is 4. The van der Waals surface area contributed by atoms with Gasteiger partial charge in [0.05, 0.1) is 31.9 Å². The summed E-state index contributed by atoms with van der Waals surface area (Å²) in [6, 6.07) is 8.82. The Bertz CT molecular complexity index is 1080. The predicted molar refractivity (Wildman–Crippen MR) is 97.2 cm³/mol. The topological polar surface area (TPSA) is 144 Å². The molecule has 10 nitrogen and oxygen atoms in total. The zero-order chi connectivity index (χ0) is 18.3. The average Bonchev–Trinajstić information content (AvgIpc) is 3.21. The molecular weight excluding hydrogens is 380 g/mol. The number of benzene rings is 2. The lowest BCUT2D eigenvalue weighted by molar-refractivity contribution is -0.384. The Kier molecular flexibility index (Phi) is 3.97. The molecule has 4 aromatic rings. The molecule has 130 valence electrons. The molecule has 0 bridgehead atoms. The second kappa shape index (κ2) is 6.31. The van der Waals surface area contributed by atoms with Gasteiger partial charge in [-0.05, 0) is 33.7 Å². The van der Waals surface area contributed by atoms with Crippen LogP contribution < -0.4 is 0 Å². The number of H-pyrrole nitrogens is 2. The summed E-state index contributed by atoms with van der Waals surface area (Å²) in [5.74, 6) is 0. The van der Waals surface area contributed by atoms with Gasteiger partial charge in [-0.25, -0.2) is 9.97 Å². The highest BCUT2D eigenvalue weighted by Crippen LogP contribution is 2.36. The molecule has 2 N–H and O–H groups in total. The molecule has 2 aromatic heterocycles. The van der Waals surface area contributed by atoms with E-state index >= 15 is 0 Å². The fourth-order valence-electron chi connectivity index (χ4n) is 2.33. The van der Waals surface area contributed by atoms with Crippen LogP contribution in [-0.4, -0.2) is 29.8 Å². The van der Waals surface area contributed by atoms with Crippen molar-refractivity contribution in [2.45, 2.75) is 10.3 Å². The van der Waals surface area contributed by atoms with Crippen LogP contribution in [0.5, 0.6) is 0 Å².